The summed E-state index contributed by atoms with van der Waals surface area (Å²) in [7, 11) is 1.57. The van der Waals surface area contributed by atoms with E-state index >= 15 is 0 Å². The molecular weight excluding hydrogens is 430 g/mol. The quantitative estimate of drug-likeness (QED) is 0.623. The number of carbonyl (C=O) groups is 3. The zero-order chi connectivity index (χ0) is 21.5. The van der Waals surface area contributed by atoms with Gasteiger partial charge < -0.3 is 20.3 Å². The first-order valence-electron chi connectivity index (χ1n) is 9.44. The van der Waals surface area contributed by atoms with E-state index in [1.807, 2.05) is 0 Å². The number of hydrogen-bond acceptors (Lipinski definition) is 7. The third kappa shape index (κ3) is 5.74. The van der Waals surface area contributed by atoms with Crippen LogP contribution in [-0.4, -0.2) is 66.2 Å². The fourth-order valence-corrected chi connectivity index (χ4v) is 3.98. The van der Waals surface area contributed by atoms with E-state index in [1.165, 1.54) is 0 Å². The zero-order valence-corrected chi connectivity index (χ0v) is 18.0. The molecule has 2 aromatic rings. The predicted octanol–water partition coefficient (Wildman–Crippen LogP) is 2.06. The molecule has 0 saturated carbocycles. The van der Waals surface area contributed by atoms with Crippen LogP contribution in [0.4, 0.5) is 5.69 Å². The summed E-state index contributed by atoms with van der Waals surface area (Å²) in [6.45, 7) is 1.71. The number of anilines is 1. The molecule has 0 aliphatic carbocycles. The number of likely N-dealkylation sites (tertiary alicyclic amines) is 1. The second-order valence-corrected chi connectivity index (χ2v) is 8.16. The van der Waals surface area contributed by atoms with Crippen molar-refractivity contribution in [2.45, 2.75) is 12.8 Å². The summed E-state index contributed by atoms with van der Waals surface area (Å²) in [5.74, 6) is -1.17. The molecule has 0 spiro atoms. The van der Waals surface area contributed by atoms with Crippen LogP contribution in [0.3, 0.4) is 0 Å². The second kappa shape index (κ2) is 10.5. The van der Waals surface area contributed by atoms with Gasteiger partial charge in [0.25, 0.3) is 11.8 Å². The molecule has 3 rings (SSSR count). The van der Waals surface area contributed by atoms with Gasteiger partial charge in [0.2, 0.25) is 15.9 Å². The van der Waals surface area contributed by atoms with Gasteiger partial charge in [-0.3, -0.25) is 14.4 Å². The number of aromatic nitrogens is 2. The number of nitrogens with one attached hydrogen (secondary N) is 2. The van der Waals surface area contributed by atoms with Crippen molar-refractivity contribution in [3.63, 3.8) is 0 Å². The molecule has 30 heavy (non-hydrogen) atoms. The lowest BCUT2D eigenvalue weighted by atomic mass is 9.97. The van der Waals surface area contributed by atoms with Crippen LogP contribution in [0.15, 0.2) is 24.3 Å². The summed E-state index contributed by atoms with van der Waals surface area (Å²) in [4.78, 5) is 39.0. The van der Waals surface area contributed by atoms with E-state index in [4.69, 9.17) is 16.3 Å². The standard InChI is InChI=1S/C19H22ClN5O4S/c1-29-9-7-21-15(26)12-4-3-8-25(11-12)19(28)18-24-23-17(30-18)16(27)22-14-6-2-5-13(20)10-14/h2,5-6,10,12H,3-4,7-9,11H2,1H3,(H,21,26)(H,22,27)/t12-/m0/s1. The van der Waals surface area contributed by atoms with Crippen LogP contribution in [0, 0.1) is 5.92 Å². The van der Waals surface area contributed by atoms with Crippen molar-refractivity contribution in [3.05, 3.63) is 39.3 Å². The molecule has 1 aliphatic rings. The van der Waals surface area contributed by atoms with Gasteiger partial charge in [-0.15, -0.1) is 10.2 Å². The minimum atomic E-state index is -0.470. The number of amides is 3. The highest BCUT2D eigenvalue weighted by Gasteiger charge is 2.30. The van der Waals surface area contributed by atoms with Crippen molar-refractivity contribution in [2.24, 2.45) is 5.92 Å². The average molecular weight is 452 g/mol. The molecule has 1 aromatic heterocycles. The first-order chi connectivity index (χ1) is 14.5. The van der Waals surface area contributed by atoms with Crippen molar-refractivity contribution in [1.29, 1.82) is 0 Å². The summed E-state index contributed by atoms with van der Waals surface area (Å²) >= 11 is 6.83. The molecule has 2 heterocycles. The van der Waals surface area contributed by atoms with Crippen molar-refractivity contribution in [1.82, 2.24) is 20.4 Å². The van der Waals surface area contributed by atoms with Crippen LogP contribution < -0.4 is 10.6 Å². The van der Waals surface area contributed by atoms with Crippen LogP contribution in [0.1, 0.15) is 32.4 Å². The van der Waals surface area contributed by atoms with Crippen LogP contribution >= 0.6 is 22.9 Å². The third-order valence-corrected chi connectivity index (χ3v) is 5.71. The van der Waals surface area contributed by atoms with Crippen molar-refractivity contribution in [3.8, 4) is 0 Å². The number of ether oxygens (including phenoxy) is 1. The maximum absolute atomic E-state index is 12.8. The Kier molecular flexibility index (Phi) is 7.72. The minimum Gasteiger partial charge on any atom is -0.383 e. The fraction of sp³-hybridized carbons (Fsp3) is 0.421. The van der Waals surface area contributed by atoms with Gasteiger partial charge in [-0.05, 0) is 31.0 Å². The topological polar surface area (TPSA) is 114 Å². The van der Waals surface area contributed by atoms with Crippen molar-refractivity contribution < 1.29 is 19.1 Å². The predicted molar refractivity (Wildman–Crippen MR) is 113 cm³/mol. The maximum Gasteiger partial charge on any atom is 0.286 e. The molecule has 3 amide bonds. The molecule has 160 valence electrons. The first-order valence-corrected chi connectivity index (χ1v) is 10.6. The molecule has 1 atom stereocenters. The molecule has 1 fully saturated rings. The van der Waals surface area contributed by atoms with Crippen molar-refractivity contribution in [2.75, 3.05) is 38.7 Å². The molecule has 9 nitrogen and oxygen atoms in total. The molecular formula is C19H22ClN5O4S. The van der Waals surface area contributed by atoms with E-state index in [9.17, 15) is 14.4 Å². The normalized spacial score (nSPS) is 16.2. The van der Waals surface area contributed by atoms with Gasteiger partial charge in [-0.25, -0.2) is 0 Å². The lowest BCUT2D eigenvalue weighted by Gasteiger charge is -2.31. The van der Waals surface area contributed by atoms with E-state index in [0.717, 1.165) is 17.8 Å². The number of nitrogens with zero attached hydrogens (tertiary/aromatic N) is 3. The number of halogens is 1. The third-order valence-electron chi connectivity index (χ3n) is 4.57. The van der Waals surface area contributed by atoms with E-state index in [2.05, 4.69) is 20.8 Å². The number of hydrogen-bond donors (Lipinski definition) is 2. The van der Waals surface area contributed by atoms with Crippen LogP contribution in [0.5, 0.6) is 0 Å². The van der Waals surface area contributed by atoms with E-state index in [1.54, 1.807) is 36.3 Å². The highest BCUT2D eigenvalue weighted by Crippen LogP contribution is 2.21. The summed E-state index contributed by atoms with van der Waals surface area (Å²) < 4.78 is 4.93. The van der Waals surface area contributed by atoms with Crippen molar-refractivity contribution >= 4 is 46.3 Å². The van der Waals surface area contributed by atoms with E-state index in [0.29, 0.717) is 43.4 Å². The summed E-state index contributed by atoms with van der Waals surface area (Å²) in [6, 6.07) is 6.72. The molecule has 2 N–H and O–H groups in total. The molecule has 0 radical (unpaired) electrons. The Morgan fingerprint density at radius 2 is 2.10 bits per heavy atom. The average Bonchev–Trinajstić information content (AvgIpc) is 3.24. The summed E-state index contributed by atoms with van der Waals surface area (Å²) in [5.41, 5.74) is 0.522. The van der Waals surface area contributed by atoms with Gasteiger partial charge in [0.1, 0.15) is 0 Å². The Morgan fingerprint density at radius 1 is 1.30 bits per heavy atom. The lowest BCUT2D eigenvalue weighted by Crippen LogP contribution is -2.45. The molecule has 1 aromatic carbocycles. The SMILES string of the molecule is COCCNC(=O)[C@H]1CCCN(C(=O)c2nnc(C(=O)Nc3cccc(Cl)c3)s2)C1. The molecule has 0 unspecified atom stereocenters. The number of benzene rings is 1. The second-order valence-electron chi connectivity index (χ2n) is 6.75. The Bertz CT molecular complexity index is 922. The first kappa shape index (κ1) is 22.1. The summed E-state index contributed by atoms with van der Waals surface area (Å²) in [5, 5.41) is 13.9. The van der Waals surface area contributed by atoms with Gasteiger partial charge in [0.05, 0.1) is 12.5 Å². The highest BCUT2D eigenvalue weighted by atomic mass is 35.5. The lowest BCUT2D eigenvalue weighted by molar-refractivity contribution is -0.126. The molecule has 1 saturated heterocycles. The van der Waals surface area contributed by atoms with Crippen LogP contribution in [-0.2, 0) is 9.53 Å². The smallest absolute Gasteiger partial charge is 0.286 e. The monoisotopic (exact) mass is 451 g/mol. The maximum atomic E-state index is 12.8. The number of rotatable bonds is 7. The van der Waals surface area contributed by atoms with Crippen LogP contribution in [0.2, 0.25) is 5.02 Å². The molecule has 1 aliphatic heterocycles. The number of piperidine rings is 1. The number of methoxy groups -OCH3 is 1. The molecule has 11 heteroatoms. The van der Waals surface area contributed by atoms with E-state index < -0.39 is 5.91 Å². The Labute approximate surface area is 182 Å². The minimum absolute atomic E-state index is 0.0733. The highest BCUT2D eigenvalue weighted by molar-refractivity contribution is 7.15. The van der Waals surface area contributed by atoms with Gasteiger partial charge in [-0.1, -0.05) is 29.0 Å². The summed E-state index contributed by atoms with van der Waals surface area (Å²) in [6.07, 6.45) is 1.43. The van der Waals surface area contributed by atoms with Gasteiger partial charge in [0.15, 0.2) is 0 Å². The Balaban J connectivity index is 1.59. The largest absolute Gasteiger partial charge is 0.383 e. The number of carbonyl (C=O) groups excluding carboxylic acids is 3. The van der Waals surface area contributed by atoms with Gasteiger partial charge in [-0.2, -0.15) is 0 Å². The van der Waals surface area contributed by atoms with Crippen LogP contribution in [0.25, 0.3) is 0 Å². The van der Waals surface area contributed by atoms with Gasteiger partial charge >= 0.3 is 0 Å². The zero-order valence-electron chi connectivity index (χ0n) is 16.4. The van der Waals surface area contributed by atoms with Gasteiger partial charge in [0, 0.05) is 37.5 Å². The Hall–Kier alpha value is -2.56. The van der Waals surface area contributed by atoms with E-state index in [-0.39, 0.29) is 27.7 Å². The molecule has 0 bridgehead atoms. The Morgan fingerprint density at radius 3 is 2.87 bits per heavy atom. The fourth-order valence-electron chi connectivity index (χ4n) is 3.08.